The summed E-state index contributed by atoms with van der Waals surface area (Å²) < 4.78 is 5.36. The van der Waals surface area contributed by atoms with E-state index >= 15 is 0 Å². The molecular weight excluding hydrogens is 292 g/mol. The predicted molar refractivity (Wildman–Crippen MR) is 88.6 cm³/mol. The summed E-state index contributed by atoms with van der Waals surface area (Å²) in [5.74, 6) is 0.503. The first kappa shape index (κ1) is 17.6. The van der Waals surface area contributed by atoms with Crippen molar-refractivity contribution in [1.82, 2.24) is 10.2 Å². The highest BCUT2D eigenvalue weighted by Gasteiger charge is 2.40. The van der Waals surface area contributed by atoms with Crippen LogP contribution in [0.25, 0.3) is 0 Å². The van der Waals surface area contributed by atoms with E-state index in [1.807, 2.05) is 19.9 Å². The molecule has 1 aliphatic rings. The summed E-state index contributed by atoms with van der Waals surface area (Å²) in [6.45, 7) is 5.60. The van der Waals surface area contributed by atoms with Gasteiger partial charge in [-0.1, -0.05) is 26.2 Å². The van der Waals surface area contributed by atoms with Crippen LogP contribution in [-0.2, 0) is 16.1 Å². The van der Waals surface area contributed by atoms with Gasteiger partial charge in [0.05, 0.1) is 12.8 Å². The molecule has 5 heteroatoms. The predicted octanol–water partition coefficient (Wildman–Crippen LogP) is 3.25. The first-order chi connectivity index (χ1) is 11.0. The third-order valence-corrected chi connectivity index (χ3v) is 4.99. The first-order valence-electron chi connectivity index (χ1n) is 8.59. The van der Waals surface area contributed by atoms with Crippen LogP contribution in [0.1, 0.15) is 65.1 Å². The zero-order valence-electron chi connectivity index (χ0n) is 14.4. The highest BCUT2D eigenvalue weighted by Crippen LogP contribution is 2.25. The van der Waals surface area contributed by atoms with Crippen molar-refractivity contribution in [3.63, 3.8) is 0 Å². The van der Waals surface area contributed by atoms with E-state index in [0.717, 1.165) is 25.7 Å². The smallest absolute Gasteiger partial charge is 0.245 e. The Bertz CT molecular complexity index is 520. The van der Waals surface area contributed by atoms with Crippen molar-refractivity contribution in [3.8, 4) is 0 Å². The van der Waals surface area contributed by atoms with Crippen molar-refractivity contribution in [3.05, 3.63) is 24.2 Å². The molecule has 0 aliphatic heterocycles. The fraction of sp³-hybridized carbons (Fsp3) is 0.667. The van der Waals surface area contributed by atoms with Crippen LogP contribution < -0.4 is 5.32 Å². The van der Waals surface area contributed by atoms with Crippen LogP contribution in [0, 0.1) is 0 Å². The molecule has 1 fully saturated rings. The molecule has 1 N–H and O–H groups in total. The van der Waals surface area contributed by atoms with E-state index in [-0.39, 0.29) is 17.9 Å². The maximum absolute atomic E-state index is 12.9. The molecule has 0 radical (unpaired) electrons. The van der Waals surface area contributed by atoms with Crippen LogP contribution in [0.4, 0.5) is 0 Å². The van der Waals surface area contributed by atoms with Gasteiger partial charge in [-0.25, -0.2) is 0 Å². The highest BCUT2D eigenvalue weighted by molar-refractivity contribution is 5.90. The Hall–Kier alpha value is -1.78. The Morgan fingerprint density at radius 1 is 1.35 bits per heavy atom. The molecule has 5 nitrogen and oxygen atoms in total. The molecule has 1 atom stereocenters. The van der Waals surface area contributed by atoms with Crippen LogP contribution in [-0.4, -0.2) is 28.3 Å². The van der Waals surface area contributed by atoms with Gasteiger partial charge >= 0.3 is 0 Å². The molecule has 2 rings (SSSR count). The Labute approximate surface area is 138 Å². The number of carbonyl (C=O) groups is 2. The number of rotatable bonds is 6. The fourth-order valence-corrected chi connectivity index (χ4v) is 3.25. The van der Waals surface area contributed by atoms with Crippen LogP contribution in [0.3, 0.4) is 0 Å². The van der Waals surface area contributed by atoms with Crippen molar-refractivity contribution < 1.29 is 14.0 Å². The number of nitrogens with one attached hydrogen (secondary N) is 1. The zero-order valence-corrected chi connectivity index (χ0v) is 14.4. The Balaban J connectivity index is 2.13. The van der Waals surface area contributed by atoms with E-state index in [4.69, 9.17) is 4.42 Å². The SMILES string of the molecule is CCC(C)(C(=O)NC1CCCCC1)N(Cc1ccco1)C(C)=O. The molecule has 1 aliphatic carbocycles. The summed E-state index contributed by atoms with van der Waals surface area (Å²) in [4.78, 5) is 26.7. The second-order valence-corrected chi connectivity index (χ2v) is 6.62. The first-order valence-corrected chi connectivity index (χ1v) is 8.59. The van der Waals surface area contributed by atoms with E-state index in [0.29, 0.717) is 18.7 Å². The van der Waals surface area contributed by atoms with Crippen molar-refractivity contribution in [2.24, 2.45) is 0 Å². The number of carbonyl (C=O) groups excluding carboxylic acids is 2. The lowest BCUT2D eigenvalue weighted by atomic mass is 9.91. The van der Waals surface area contributed by atoms with Crippen molar-refractivity contribution >= 4 is 11.8 Å². The fourth-order valence-electron chi connectivity index (χ4n) is 3.25. The maximum Gasteiger partial charge on any atom is 0.245 e. The molecule has 1 unspecified atom stereocenters. The molecule has 2 amide bonds. The standard InChI is InChI=1S/C18H28N2O3/c1-4-18(3,17(22)19-15-9-6-5-7-10-15)20(14(2)21)13-16-11-8-12-23-16/h8,11-12,15H,4-7,9-10,13H2,1-3H3,(H,19,22). The van der Waals surface area contributed by atoms with Crippen LogP contribution >= 0.6 is 0 Å². The second-order valence-electron chi connectivity index (χ2n) is 6.62. The highest BCUT2D eigenvalue weighted by atomic mass is 16.3. The van der Waals surface area contributed by atoms with Gasteiger partial charge in [0.25, 0.3) is 0 Å². The minimum Gasteiger partial charge on any atom is -0.467 e. The van der Waals surface area contributed by atoms with Crippen LogP contribution in [0.15, 0.2) is 22.8 Å². The average Bonchev–Trinajstić information content (AvgIpc) is 3.05. The minimum absolute atomic E-state index is 0.0614. The van der Waals surface area contributed by atoms with Crippen molar-refractivity contribution in [2.45, 2.75) is 77.4 Å². The van der Waals surface area contributed by atoms with Crippen molar-refractivity contribution in [1.29, 1.82) is 0 Å². The summed E-state index contributed by atoms with van der Waals surface area (Å²) in [6.07, 6.45) is 7.78. The van der Waals surface area contributed by atoms with E-state index < -0.39 is 5.54 Å². The van der Waals surface area contributed by atoms with Crippen LogP contribution in [0.5, 0.6) is 0 Å². The average molecular weight is 320 g/mol. The molecule has 1 saturated carbocycles. The zero-order chi connectivity index (χ0) is 16.9. The largest absolute Gasteiger partial charge is 0.467 e. The van der Waals surface area contributed by atoms with Gasteiger partial charge < -0.3 is 14.6 Å². The monoisotopic (exact) mass is 320 g/mol. The molecule has 0 aromatic carbocycles. The van der Waals surface area contributed by atoms with E-state index in [9.17, 15) is 9.59 Å². The lowest BCUT2D eigenvalue weighted by Gasteiger charge is -2.40. The number of furan rings is 1. The van der Waals surface area contributed by atoms with E-state index in [1.165, 1.54) is 13.3 Å². The number of amides is 2. The van der Waals surface area contributed by atoms with Gasteiger partial charge in [0.15, 0.2) is 0 Å². The van der Waals surface area contributed by atoms with E-state index in [1.54, 1.807) is 17.2 Å². The van der Waals surface area contributed by atoms with Gasteiger partial charge in [-0.05, 0) is 38.3 Å². The summed E-state index contributed by atoms with van der Waals surface area (Å²) in [5.41, 5.74) is -0.865. The normalized spacial score (nSPS) is 18.2. The molecule has 1 aromatic heterocycles. The van der Waals surface area contributed by atoms with Gasteiger partial charge in [0, 0.05) is 13.0 Å². The van der Waals surface area contributed by atoms with Gasteiger partial charge in [-0.2, -0.15) is 0 Å². The second kappa shape index (κ2) is 7.66. The molecule has 128 valence electrons. The summed E-state index contributed by atoms with van der Waals surface area (Å²) in [5, 5.41) is 3.16. The molecular formula is C18H28N2O3. The molecule has 0 saturated heterocycles. The van der Waals surface area contributed by atoms with E-state index in [2.05, 4.69) is 5.32 Å². The maximum atomic E-state index is 12.9. The third kappa shape index (κ3) is 4.15. The molecule has 0 spiro atoms. The number of nitrogens with zero attached hydrogens (tertiary/aromatic N) is 1. The van der Waals surface area contributed by atoms with Gasteiger partial charge in [0.2, 0.25) is 11.8 Å². The van der Waals surface area contributed by atoms with Gasteiger partial charge in [-0.3, -0.25) is 9.59 Å². The Kier molecular flexibility index (Phi) is 5.85. The van der Waals surface area contributed by atoms with Crippen LogP contribution in [0.2, 0.25) is 0 Å². The quantitative estimate of drug-likeness (QED) is 0.875. The minimum atomic E-state index is -0.865. The summed E-state index contributed by atoms with van der Waals surface area (Å²) in [7, 11) is 0. The molecule has 0 bridgehead atoms. The van der Waals surface area contributed by atoms with Gasteiger partial charge in [-0.15, -0.1) is 0 Å². The Morgan fingerprint density at radius 2 is 2.04 bits per heavy atom. The summed E-state index contributed by atoms with van der Waals surface area (Å²) >= 11 is 0. The topological polar surface area (TPSA) is 62.6 Å². The lowest BCUT2D eigenvalue weighted by molar-refractivity contribution is -0.147. The Morgan fingerprint density at radius 3 is 2.57 bits per heavy atom. The summed E-state index contributed by atoms with van der Waals surface area (Å²) in [6, 6.07) is 3.85. The third-order valence-electron chi connectivity index (χ3n) is 4.99. The lowest BCUT2D eigenvalue weighted by Crippen LogP contribution is -2.59. The van der Waals surface area contributed by atoms with Crippen molar-refractivity contribution in [2.75, 3.05) is 0 Å². The molecule has 1 aromatic rings. The number of hydrogen-bond acceptors (Lipinski definition) is 3. The molecule has 23 heavy (non-hydrogen) atoms. The molecule has 1 heterocycles. The number of hydrogen-bond donors (Lipinski definition) is 1. The van der Waals surface area contributed by atoms with Gasteiger partial charge in [0.1, 0.15) is 11.3 Å².